The predicted molar refractivity (Wildman–Crippen MR) is 97.2 cm³/mol. The summed E-state index contributed by atoms with van der Waals surface area (Å²) in [5, 5.41) is 3.16. The van der Waals surface area contributed by atoms with Crippen molar-refractivity contribution in [2.75, 3.05) is 32.8 Å². The van der Waals surface area contributed by atoms with Crippen molar-refractivity contribution in [3.8, 4) is 0 Å². The third-order valence-corrected chi connectivity index (χ3v) is 5.86. The number of nitrogens with zero attached hydrogens (tertiary/aromatic N) is 2. The third-order valence-electron chi connectivity index (χ3n) is 5.86. The fourth-order valence-corrected chi connectivity index (χ4v) is 4.47. The Balaban J connectivity index is 1.27. The first-order chi connectivity index (χ1) is 12.3. The van der Waals surface area contributed by atoms with Gasteiger partial charge in [-0.2, -0.15) is 0 Å². The Labute approximate surface area is 150 Å². The van der Waals surface area contributed by atoms with Gasteiger partial charge in [0.05, 0.1) is 18.8 Å². The molecule has 3 atom stereocenters. The Kier molecular flexibility index (Phi) is 5.34. The topological polar surface area (TPSA) is 44.8 Å². The minimum absolute atomic E-state index is 0.00309. The molecule has 1 aromatic rings. The minimum Gasteiger partial charge on any atom is -0.373 e. The van der Waals surface area contributed by atoms with E-state index >= 15 is 0 Å². The highest BCUT2D eigenvalue weighted by atomic mass is 16.5. The number of hydrogen-bond donors (Lipinski definition) is 1. The van der Waals surface area contributed by atoms with Gasteiger partial charge in [-0.3, -0.25) is 14.6 Å². The Morgan fingerprint density at radius 3 is 2.88 bits per heavy atom. The number of hydrogen-bond acceptors (Lipinski definition) is 4. The van der Waals surface area contributed by atoms with Gasteiger partial charge in [-0.25, -0.2) is 0 Å². The predicted octanol–water partition coefficient (Wildman–Crippen LogP) is 1.63. The van der Waals surface area contributed by atoms with E-state index in [1.807, 2.05) is 6.07 Å². The lowest BCUT2D eigenvalue weighted by Gasteiger charge is -2.35. The second-order valence-corrected chi connectivity index (χ2v) is 7.61. The van der Waals surface area contributed by atoms with Crippen LogP contribution in [0.3, 0.4) is 0 Å². The monoisotopic (exact) mass is 343 g/mol. The SMILES string of the molecule is O=C(NC[C@@H]1CN2CCC[C@H]2CO1)[C@@H]1CCCN1Cc1ccccc1. The van der Waals surface area contributed by atoms with Gasteiger partial charge >= 0.3 is 0 Å². The number of morpholine rings is 1. The van der Waals surface area contributed by atoms with E-state index in [2.05, 4.69) is 39.4 Å². The molecular formula is C20H29N3O2. The zero-order chi connectivity index (χ0) is 17.1. The third kappa shape index (κ3) is 4.05. The van der Waals surface area contributed by atoms with Crippen LogP contribution in [0.4, 0.5) is 0 Å². The van der Waals surface area contributed by atoms with Crippen LogP contribution in [0.15, 0.2) is 30.3 Å². The normalized spacial score (nSPS) is 30.3. The molecule has 0 aliphatic carbocycles. The van der Waals surface area contributed by atoms with Crippen LogP contribution in [0, 0.1) is 0 Å². The van der Waals surface area contributed by atoms with E-state index in [1.54, 1.807) is 0 Å². The summed E-state index contributed by atoms with van der Waals surface area (Å²) in [6.07, 6.45) is 4.74. The standard InChI is InChI=1S/C20H29N3O2/c24-20(21-12-18-14-22-10-4-8-17(22)15-25-18)19-9-5-11-23(19)13-16-6-2-1-3-7-16/h1-3,6-7,17-19H,4-5,8-15H2,(H,21,24)/t17-,18+,19-/m0/s1. The lowest BCUT2D eigenvalue weighted by atomic mass is 10.1. The second-order valence-electron chi connectivity index (χ2n) is 7.61. The molecule has 3 heterocycles. The quantitative estimate of drug-likeness (QED) is 0.883. The number of rotatable bonds is 5. The number of amides is 1. The molecule has 5 heteroatoms. The lowest BCUT2D eigenvalue weighted by molar-refractivity contribution is -0.127. The molecule has 4 rings (SSSR count). The first kappa shape index (κ1) is 17.0. The second kappa shape index (κ2) is 7.85. The van der Waals surface area contributed by atoms with Crippen molar-refractivity contribution in [2.24, 2.45) is 0 Å². The average molecular weight is 343 g/mol. The Morgan fingerprint density at radius 2 is 2.00 bits per heavy atom. The maximum absolute atomic E-state index is 12.7. The maximum Gasteiger partial charge on any atom is 0.237 e. The summed E-state index contributed by atoms with van der Waals surface area (Å²) >= 11 is 0. The highest BCUT2D eigenvalue weighted by molar-refractivity contribution is 5.82. The molecule has 0 saturated carbocycles. The molecule has 5 nitrogen and oxygen atoms in total. The molecule has 1 N–H and O–H groups in total. The van der Waals surface area contributed by atoms with Crippen molar-refractivity contribution in [1.29, 1.82) is 0 Å². The molecule has 3 aliphatic rings. The fraction of sp³-hybridized carbons (Fsp3) is 0.650. The van der Waals surface area contributed by atoms with E-state index in [9.17, 15) is 4.79 Å². The highest BCUT2D eigenvalue weighted by Crippen LogP contribution is 2.23. The summed E-state index contributed by atoms with van der Waals surface area (Å²) in [6.45, 7) is 5.47. The van der Waals surface area contributed by atoms with Gasteiger partial charge in [0.25, 0.3) is 0 Å². The molecule has 3 aliphatic heterocycles. The minimum atomic E-state index is 0.00309. The van der Waals surface area contributed by atoms with Gasteiger partial charge in [-0.05, 0) is 44.3 Å². The van der Waals surface area contributed by atoms with Crippen LogP contribution in [-0.2, 0) is 16.1 Å². The maximum atomic E-state index is 12.7. The molecule has 1 aromatic carbocycles. The highest BCUT2D eigenvalue weighted by Gasteiger charge is 2.34. The van der Waals surface area contributed by atoms with Crippen molar-refractivity contribution < 1.29 is 9.53 Å². The zero-order valence-corrected chi connectivity index (χ0v) is 14.9. The van der Waals surface area contributed by atoms with E-state index in [4.69, 9.17) is 4.74 Å². The molecular weight excluding hydrogens is 314 g/mol. The van der Waals surface area contributed by atoms with Crippen molar-refractivity contribution >= 4 is 5.91 Å². The van der Waals surface area contributed by atoms with Crippen LogP contribution < -0.4 is 5.32 Å². The number of carbonyl (C=O) groups is 1. The van der Waals surface area contributed by atoms with E-state index in [-0.39, 0.29) is 18.1 Å². The number of nitrogens with one attached hydrogen (secondary N) is 1. The van der Waals surface area contributed by atoms with Crippen LogP contribution in [-0.4, -0.2) is 66.7 Å². The molecule has 3 fully saturated rings. The zero-order valence-electron chi connectivity index (χ0n) is 14.9. The van der Waals surface area contributed by atoms with Gasteiger partial charge in [0.1, 0.15) is 0 Å². The summed E-state index contributed by atoms with van der Waals surface area (Å²) in [6, 6.07) is 11.0. The molecule has 0 aromatic heterocycles. The van der Waals surface area contributed by atoms with E-state index in [0.717, 1.165) is 39.1 Å². The molecule has 25 heavy (non-hydrogen) atoms. The average Bonchev–Trinajstić information content (AvgIpc) is 3.29. The van der Waals surface area contributed by atoms with Gasteiger partial charge in [0.15, 0.2) is 0 Å². The summed E-state index contributed by atoms with van der Waals surface area (Å²) in [7, 11) is 0. The van der Waals surface area contributed by atoms with Crippen LogP contribution in [0.1, 0.15) is 31.2 Å². The number of fused-ring (bicyclic) bond motifs is 1. The van der Waals surface area contributed by atoms with Gasteiger partial charge < -0.3 is 10.1 Å². The molecule has 1 amide bonds. The van der Waals surface area contributed by atoms with E-state index in [0.29, 0.717) is 12.6 Å². The number of ether oxygens (including phenoxy) is 1. The van der Waals surface area contributed by atoms with Crippen molar-refractivity contribution in [3.63, 3.8) is 0 Å². The van der Waals surface area contributed by atoms with Crippen molar-refractivity contribution in [2.45, 2.75) is 50.4 Å². The lowest BCUT2D eigenvalue weighted by Crippen LogP contribution is -2.52. The van der Waals surface area contributed by atoms with Crippen LogP contribution in [0.25, 0.3) is 0 Å². The Morgan fingerprint density at radius 1 is 1.16 bits per heavy atom. The van der Waals surface area contributed by atoms with Gasteiger partial charge in [0, 0.05) is 25.7 Å². The summed E-state index contributed by atoms with van der Waals surface area (Å²) < 4.78 is 5.96. The fourth-order valence-electron chi connectivity index (χ4n) is 4.47. The molecule has 136 valence electrons. The Hall–Kier alpha value is -1.43. The Bertz CT molecular complexity index is 580. The molecule has 0 radical (unpaired) electrons. The first-order valence-electron chi connectivity index (χ1n) is 9.71. The van der Waals surface area contributed by atoms with Crippen molar-refractivity contribution in [1.82, 2.24) is 15.1 Å². The first-order valence-corrected chi connectivity index (χ1v) is 9.71. The summed E-state index contributed by atoms with van der Waals surface area (Å²) in [5.41, 5.74) is 1.28. The molecule has 0 spiro atoms. The molecule has 0 unspecified atom stereocenters. The van der Waals surface area contributed by atoms with Gasteiger partial charge in [-0.15, -0.1) is 0 Å². The number of carbonyl (C=O) groups excluding carboxylic acids is 1. The largest absolute Gasteiger partial charge is 0.373 e. The van der Waals surface area contributed by atoms with Crippen LogP contribution >= 0.6 is 0 Å². The molecule has 3 saturated heterocycles. The van der Waals surface area contributed by atoms with Crippen LogP contribution in [0.2, 0.25) is 0 Å². The van der Waals surface area contributed by atoms with E-state index in [1.165, 1.54) is 24.9 Å². The number of likely N-dealkylation sites (tertiary alicyclic amines) is 1. The van der Waals surface area contributed by atoms with Gasteiger partial charge in [-0.1, -0.05) is 30.3 Å². The smallest absolute Gasteiger partial charge is 0.237 e. The summed E-state index contributed by atoms with van der Waals surface area (Å²) in [4.78, 5) is 17.5. The van der Waals surface area contributed by atoms with Crippen LogP contribution in [0.5, 0.6) is 0 Å². The molecule has 0 bridgehead atoms. The van der Waals surface area contributed by atoms with E-state index < -0.39 is 0 Å². The summed E-state index contributed by atoms with van der Waals surface area (Å²) in [5.74, 6) is 0.167. The van der Waals surface area contributed by atoms with Crippen molar-refractivity contribution in [3.05, 3.63) is 35.9 Å². The van der Waals surface area contributed by atoms with Gasteiger partial charge in [0.2, 0.25) is 5.91 Å². The number of benzene rings is 1.